The molecule has 1 unspecified atom stereocenters. The van der Waals surface area contributed by atoms with Gasteiger partial charge in [0.2, 0.25) is 0 Å². The van der Waals surface area contributed by atoms with Crippen LogP contribution in [0.2, 0.25) is 0 Å². The first kappa shape index (κ1) is 14.6. The molecule has 106 valence electrons. The fourth-order valence-corrected chi connectivity index (χ4v) is 2.45. The van der Waals surface area contributed by atoms with Gasteiger partial charge in [0.25, 0.3) is 0 Å². The Kier molecular flexibility index (Phi) is 4.80. The Morgan fingerprint density at radius 3 is 2.50 bits per heavy atom. The zero-order chi connectivity index (χ0) is 14.5. The van der Waals surface area contributed by atoms with Crippen LogP contribution in [0.4, 0.5) is 0 Å². The zero-order valence-electron chi connectivity index (χ0n) is 12.5. The van der Waals surface area contributed by atoms with E-state index in [1.165, 1.54) is 16.7 Å². The monoisotopic (exact) mass is 269 g/mol. The van der Waals surface area contributed by atoms with E-state index in [0.29, 0.717) is 6.61 Å². The van der Waals surface area contributed by atoms with E-state index < -0.39 is 0 Å². The van der Waals surface area contributed by atoms with Crippen LogP contribution in [-0.2, 0) is 6.42 Å². The average molecular weight is 269 g/mol. The Morgan fingerprint density at radius 1 is 1.05 bits per heavy atom. The van der Waals surface area contributed by atoms with Crippen molar-refractivity contribution in [2.75, 3.05) is 6.61 Å². The standard InChI is InChI=1S/C18H23NO/c1-4-20-18-9-8-14(3)11-16(18)17(19)12-15-7-5-6-13(2)10-15/h5-11,17H,4,12,19H2,1-3H3. The van der Waals surface area contributed by atoms with Gasteiger partial charge in [0.05, 0.1) is 6.61 Å². The van der Waals surface area contributed by atoms with Crippen LogP contribution in [0.15, 0.2) is 42.5 Å². The first-order valence-corrected chi connectivity index (χ1v) is 7.14. The van der Waals surface area contributed by atoms with Gasteiger partial charge in [-0.05, 0) is 38.8 Å². The van der Waals surface area contributed by atoms with E-state index in [-0.39, 0.29) is 6.04 Å². The fourth-order valence-electron chi connectivity index (χ4n) is 2.45. The Bertz CT molecular complexity index is 577. The highest BCUT2D eigenvalue weighted by atomic mass is 16.5. The summed E-state index contributed by atoms with van der Waals surface area (Å²) in [5, 5.41) is 0. The van der Waals surface area contributed by atoms with Crippen LogP contribution in [0.3, 0.4) is 0 Å². The second-order valence-electron chi connectivity index (χ2n) is 5.27. The predicted octanol–water partition coefficient (Wildman–Crippen LogP) is 3.94. The summed E-state index contributed by atoms with van der Waals surface area (Å²) in [6.07, 6.45) is 0.825. The minimum Gasteiger partial charge on any atom is -0.494 e. The van der Waals surface area contributed by atoms with Crippen LogP contribution < -0.4 is 10.5 Å². The van der Waals surface area contributed by atoms with Crippen molar-refractivity contribution >= 4 is 0 Å². The third-order valence-electron chi connectivity index (χ3n) is 3.40. The molecule has 20 heavy (non-hydrogen) atoms. The lowest BCUT2D eigenvalue weighted by atomic mass is 9.96. The molecule has 0 heterocycles. The summed E-state index contributed by atoms with van der Waals surface area (Å²) in [6.45, 7) is 6.84. The van der Waals surface area contributed by atoms with E-state index in [1.54, 1.807) is 0 Å². The highest BCUT2D eigenvalue weighted by molar-refractivity contribution is 5.40. The van der Waals surface area contributed by atoms with Crippen LogP contribution in [0.25, 0.3) is 0 Å². The van der Waals surface area contributed by atoms with Crippen molar-refractivity contribution in [3.63, 3.8) is 0 Å². The SMILES string of the molecule is CCOc1ccc(C)cc1C(N)Cc1cccc(C)c1. The van der Waals surface area contributed by atoms with Gasteiger partial charge < -0.3 is 10.5 Å². The lowest BCUT2D eigenvalue weighted by Gasteiger charge is -2.17. The number of benzene rings is 2. The average Bonchev–Trinajstić information content (AvgIpc) is 2.41. The van der Waals surface area contributed by atoms with Gasteiger partial charge in [-0.25, -0.2) is 0 Å². The molecule has 1 atom stereocenters. The van der Waals surface area contributed by atoms with Crippen LogP contribution in [-0.4, -0.2) is 6.61 Å². The van der Waals surface area contributed by atoms with Crippen molar-refractivity contribution in [3.05, 3.63) is 64.7 Å². The van der Waals surface area contributed by atoms with Gasteiger partial charge in [-0.2, -0.15) is 0 Å². The molecular weight excluding hydrogens is 246 g/mol. The van der Waals surface area contributed by atoms with E-state index in [4.69, 9.17) is 10.5 Å². The van der Waals surface area contributed by atoms with Crippen molar-refractivity contribution in [3.8, 4) is 5.75 Å². The van der Waals surface area contributed by atoms with Crippen LogP contribution in [0, 0.1) is 13.8 Å². The van der Waals surface area contributed by atoms with Gasteiger partial charge in [0, 0.05) is 11.6 Å². The van der Waals surface area contributed by atoms with Crippen LogP contribution >= 0.6 is 0 Å². The third kappa shape index (κ3) is 3.61. The van der Waals surface area contributed by atoms with Gasteiger partial charge in [-0.15, -0.1) is 0 Å². The molecule has 0 fully saturated rings. The Balaban J connectivity index is 2.23. The molecule has 0 saturated heterocycles. The van der Waals surface area contributed by atoms with Gasteiger partial charge >= 0.3 is 0 Å². The fraction of sp³-hybridized carbons (Fsp3) is 0.333. The summed E-state index contributed by atoms with van der Waals surface area (Å²) in [5.41, 5.74) is 11.2. The molecule has 0 aliphatic heterocycles. The summed E-state index contributed by atoms with van der Waals surface area (Å²) < 4.78 is 5.69. The summed E-state index contributed by atoms with van der Waals surface area (Å²) in [5.74, 6) is 0.901. The molecule has 0 amide bonds. The molecule has 2 aromatic rings. The van der Waals surface area contributed by atoms with E-state index in [0.717, 1.165) is 17.7 Å². The van der Waals surface area contributed by atoms with Crippen molar-refractivity contribution in [2.24, 2.45) is 5.73 Å². The van der Waals surface area contributed by atoms with Crippen molar-refractivity contribution in [2.45, 2.75) is 33.2 Å². The first-order valence-electron chi connectivity index (χ1n) is 7.14. The first-order chi connectivity index (χ1) is 9.60. The molecule has 0 saturated carbocycles. The molecule has 0 aliphatic carbocycles. The molecule has 2 rings (SSSR count). The second kappa shape index (κ2) is 6.58. The Hall–Kier alpha value is -1.80. The molecule has 2 aromatic carbocycles. The highest BCUT2D eigenvalue weighted by Crippen LogP contribution is 2.27. The summed E-state index contributed by atoms with van der Waals surface area (Å²) in [7, 11) is 0. The van der Waals surface area contributed by atoms with Crippen LogP contribution in [0.1, 0.15) is 35.2 Å². The molecule has 0 spiro atoms. The number of aryl methyl sites for hydroxylation is 2. The summed E-state index contributed by atoms with van der Waals surface area (Å²) >= 11 is 0. The number of nitrogens with two attached hydrogens (primary N) is 1. The molecule has 2 heteroatoms. The maximum absolute atomic E-state index is 6.40. The molecule has 0 aliphatic rings. The van der Waals surface area contributed by atoms with E-state index >= 15 is 0 Å². The molecule has 0 radical (unpaired) electrons. The Morgan fingerprint density at radius 2 is 1.80 bits per heavy atom. The van der Waals surface area contributed by atoms with Gasteiger partial charge in [-0.1, -0.05) is 47.5 Å². The highest BCUT2D eigenvalue weighted by Gasteiger charge is 2.13. The van der Waals surface area contributed by atoms with Gasteiger partial charge in [-0.3, -0.25) is 0 Å². The van der Waals surface area contributed by atoms with Crippen molar-refractivity contribution in [1.29, 1.82) is 0 Å². The number of rotatable bonds is 5. The quantitative estimate of drug-likeness (QED) is 0.892. The third-order valence-corrected chi connectivity index (χ3v) is 3.40. The normalized spacial score (nSPS) is 12.2. The number of hydrogen-bond acceptors (Lipinski definition) is 2. The molecule has 2 N–H and O–H groups in total. The van der Waals surface area contributed by atoms with Crippen molar-refractivity contribution < 1.29 is 4.74 Å². The van der Waals surface area contributed by atoms with Gasteiger partial charge in [0.1, 0.15) is 5.75 Å². The smallest absolute Gasteiger partial charge is 0.124 e. The molecule has 0 bridgehead atoms. The maximum atomic E-state index is 6.40. The summed E-state index contributed by atoms with van der Waals surface area (Å²) in [6, 6.07) is 14.7. The number of hydrogen-bond donors (Lipinski definition) is 1. The predicted molar refractivity (Wildman–Crippen MR) is 84.2 cm³/mol. The van der Waals surface area contributed by atoms with E-state index in [2.05, 4.69) is 50.2 Å². The largest absolute Gasteiger partial charge is 0.494 e. The lowest BCUT2D eigenvalue weighted by Crippen LogP contribution is -2.15. The molecule has 2 nitrogen and oxygen atoms in total. The van der Waals surface area contributed by atoms with Gasteiger partial charge in [0.15, 0.2) is 0 Å². The van der Waals surface area contributed by atoms with E-state index in [1.807, 2.05) is 13.0 Å². The zero-order valence-corrected chi connectivity index (χ0v) is 12.5. The minimum atomic E-state index is -0.0433. The molecule has 0 aromatic heterocycles. The minimum absolute atomic E-state index is 0.0433. The lowest BCUT2D eigenvalue weighted by molar-refractivity contribution is 0.334. The topological polar surface area (TPSA) is 35.2 Å². The summed E-state index contributed by atoms with van der Waals surface area (Å²) in [4.78, 5) is 0. The van der Waals surface area contributed by atoms with E-state index in [9.17, 15) is 0 Å². The Labute approximate surface area is 121 Å². The maximum Gasteiger partial charge on any atom is 0.124 e. The number of ether oxygens (including phenoxy) is 1. The second-order valence-corrected chi connectivity index (χ2v) is 5.27. The van der Waals surface area contributed by atoms with Crippen molar-refractivity contribution in [1.82, 2.24) is 0 Å². The van der Waals surface area contributed by atoms with Crippen LogP contribution in [0.5, 0.6) is 5.75 Å². The molecular formula is C18H23NO.